The second kappa shape index (κ2) is 12.2. The number of hydrogen-bond acceptors (Lipinski definition) is 3. The van der Waals surface area contributed by atoms with Gasteiger partial charge in [0, 0.05) is 13.0 Å². The summed E-state index contributed by atoms with van der Waals surface area (Å²) >= 11 is 0. The molecule has 3 nitrogen and oxygen atoms in total. The molecule has 0 saturated heterocycles. The molecule has 0 atom stereocenters. The lowest BCUT2D eigenvalue weighted by atomic mass is 10.1. The Bertz CT molecular complexity index is 188. The molecule has 94 valence electrons. The molecule has 0 heterocycles. The number of carbonyl (C=O) groups is 1. The third-order valence-electron chi connectivity index (χ3n) is 2.42. The second-order valence-corrected chi connectivity index (χ2v) is 3.87. The van der Waals surface area contributed by atoms with Crippen LogP contribution >= 0.6 is 0 Å². The normalized spacial score (nSPS) is 10.9. The van der Waals surface area contributed by atoms with Crippen LogP contribution in [0.1, 0.15) is 51.4 Å². The van der Waals surface area contributed by atoms with Gasteiger partial charge in [0.25, 0.3) is 0 Å². The average Bonchev–Trinajstić information content (AvgIpc) is 2.31. The minimum Gasteiger partial charge on any atom is -0.469 e. The van der Waals surface area contributed by atoms with Gasteiger partial charge in [-0.2, -0.15) is 0 Å². The molecule has 0 aromatic rings. The van der Waals surface area contributed by atoms with Crippen LogP contribution in [0, 0.1) is 0 Å². The molecule has 0 aromatic heterocycles. The molecule has 3 heteroatoms. The summed E-state index contributed by atoms with van der Waals surface area (Å²) in [5.74, 6) is -0.118. The number of allylic oxidation sites excluding steroid dienone is 2. The van der Waals surface area contributed by atoms with Crippen molar-refractivity contribution in [3.63, 3.8) is 0 Å². The van der Waals surface area contributed by atoms with Crippen LogP contribution in [0.25, 0.3) is 0 Å². The molecule has 0 bridgehead atoms. The molecule has 0 radical (unpaired) electrons. The van der Waals surface area contributed by atoms with Gasteiger partial charge in [-0.3, -0.25) is 4.79 Å². The summed E-state index contributed by atoms with van der Waals surface area (Å²) in [5.41, 5.74) is 0. The van der Waals surface area contributed by atoms with Crippen molar-refractivity contribution in [1.29, 1.82) is 0 Å². The number of ether oxygens (including phenoxy) is 1. The zero-order valence-corrected chi connectivity index (χ0v) is 10.3. The maximum absolute atomic E-state index is 10.8. The van der Waals surface area contributed by atoms with Gasteiger partial charge in [0.2, 0.25) is 0 Å². The van der Waals surface area contributed by atoms with Crippen LogP contribution < -0.4 is 0 Å². The highest BCUT2D eigenvalue weighted by Gasteiger charge is 1.97. The van der Waals surface area contributed by atoms with Crippen molar-refractivity contribution in [3.8, 4) is 0 Å². The van der Waals surface area contributed by atoms with Crippen molar-refractivity contribution in [3.05, 3.63) is 12.2 Å². The van der Waals surface area contributed by atoms with Gasteiger partial charge in [-0.25, -0.2) is 0 Å². The Morgan fingerprint density at radius 2 is 1.69 bits per heavy atom. The molecular weight excluding hydrogens is 204 g/mol. The van der Waals surface area contributed by atoms with Crippen molar-refractivity contribution in [2.75, 3.05) is 13.7 Å². The molecule has 0 fully saturated rings. The molecule has 1 N–H and O–H groups in total. The summed E-state index contributed by atoms with van der Waals surface area (Å²) in [5, 5.41) is 8.58. The van der Waals surface area contributed by atoms with Crippen LogP contribution in [0.5, 0.6) is 0 Å². The lowest BCUT2D eigenvalue weighted by Gasteiger charge is -1.97. The van der Waals surface area contributed by atoms with Gasteiger partial charge in [0.05, 0.1) is 7.11 Å². The van der Waals surface area contributed by atoms with Gasteiger partial charge in [-0.15, -0.1) is 0 Å². The summed E-state index contributed by atoms with van der Waals surface area (Å²) in [4.78, 5) is 10.8. The van der Waals surface area contributed by atoms with Crippen LogP contribution in [0.15, 0.2) is 12.2 Å². The first-order chi connectivity index (χ1) is 7.81. The highest BCUT2D eigenvalue weighted by atomic mass is 16.5. The SMILES string of the molecule is COC(=O)CCCC/C=C/CCCCCO. The summed E-state index contributed by atoms with van der Waals surface area (Å²) in [7, 11) is 1.43. The van der Waals surface area contributed by atoms with Gasteiger partial charge in [0.15, 0.2) is 0 Å². The van der Waals surface area contributed by atoms with Crippen LogP contribution in [0.3, 0.4) is 0 Å². The number of rotatable bonds is 10. The molecule has 0 saturated carbocycles. The first kappa shape index (κ1) is 15.2. The van der Waals surface area contributed by atoms with E-state index in [1.54, 1.807) is 0 Å². The number of methoxy groups -OCH3 is 1. The van der Waals surface area contributed by atoms with Crippen molar-refractivity contribution >= 4 is 5.97 Å². The van der Waals surface area contributed by atoms with Crippen LogP contribution in [0.2, 0.25) is 0 Å². The van der Waals surface area contributed by atoms with Crippen molar-refractivity contribution < 1.29 is 14.6 Å². The highest BCUT2D eigenvalue weighted by Crippen LogP contribution is 2.04. The third-order valence-corrected chi connectivity index (χ3v) is 2.42. The Morgan fingerprint density at radius 1 is 1.06 bits per heavy atom. The number of esters is 1. The number of aliphatic hydroxyl groups excluding tert-OH is 1. The van der Waals surface area contributed by atoms with E-state index < -0.39 is 0 Å². The van der Waals surface area contributed by atoms with E-state index in [1.807, 2.05) is 0 Å². The van der Waals surface area contributed by atoms with E-state index in [4.69, 9.17) is 5.11 Å². The van der Waals surface area contributed by atoms with Crippen LogP contribution in [-0.2, 0) is 9.53 Å². The largest absolute Gasteiger partial charge is 0.469 e. The van der Waals surface area contributed by atoms with Crippen molar-refractivity contribution in [1.82, 2.24) is 0 Å². The Labute approximate surface area is 98.5 Å². The van der Waals surface area contributed by atoms with Gasteiger partial charge >= 0.3 is 5.97 Å². The number of hydrogen-bond donors (Lipinski definition) is 1. The summed E-state index contributed by atoms with van der Waals surface area (Å²) in [6, 6.07) is 0. The molecule has 0 aliphatic heterocycles. The number of unbranched alkanes of at least 4 members (excludes halogenated alkanes) is 5. The zero-order valence-electron chi connectivity index (χ0n) is 10.3. The predicted molar refractivity (Wildman–Crippen MR) is 65.2 cm³/mol. The molecule has 0 aliphatic carbocycles. The number of aliphatic hydroxyl groups is 1. The third kappa shape index (κ3) is 11.2. The molecule has 0 unspecified atom stereocenters. The summed E-state index contributed by atoms with van der Waals surface area (Å²) < 4.78 is 4.56. The Kier molecular flexibility index (Phi) is 11.6. The smallest absolute Gasteiger partial charge is 0.305 e. The van der Waals surface area contributed by atoms with Crippen molar-refractivity contribution in [2.45, 2.75) is 51.4 Å². The fourth-order valence-corrected chi connectivity index (χ4v) is 1.42. The minimum absolute atomic E-state index is 0.118. The topological polar surface area (TPSA) is 46.5 Å². The summed E-state index contributed by atoms with van der Waals surface area (Å²) in [6.45, 7) is 0.303. The quantitative estimate of drug-likeness (QED) is 0.355. The fraction of sp³-hybridized carbons (Fsp3) is 0.769. The van der Waals surface area contributed by atoms with E-state index in [2.05, 4.69) is 16.9 Å². The predicted octanol–water partition coefficient (Wildman–Crippen LogP) is 2.83. The Morgan fingerprint density at radius 3 is 2.25 bits per heavy atom. The number of carbonyl (C=O) groups excluding carboxylic acids is 1. The molecular formula is C13H24O3. The van der Waals surface area contributed by atoms with E-state index in [-0.39, 0.29) is 5.97 Å². The second-order valence-electron chi connectivity index (χ2n) is 3.87. The van der Waals surface area contributed by atoms with E-state index in [1.165, 1.54) is 7.11 Å². The van der Waals surface area contributed by atoms with E-state index in [9.17, 15) is 4.79 Å². The zero-order chi connectivity index (χ0) is 12.1. The monoisotopic (exact) mass is 228 g/mol. The lowest BCUT2D eigenvalue weighted by Crippen LogP contribution is -1.98. The standard InChI is InChI=1S/C13H24O3/c1-16-13(15)11-9-7-5-3-2-4-6-8-10-12-14/h2-3,14H,4-12H2,1H3/b3-2+. The Balaban J connectivity index is 3.12. The maximum atomic E-state index is 10.8. The molecule has 0 amide bonds. The fourth-order valence-electron chi connectivity index (χ4n) is 1.42. The molecule has 16 heavy (non-hydrogen) atoms. The lowest BCUT2D eigenvalue weighted by molar-refractivity contribution is -0.140. The van der Waals surface area contributed by atoms with Crippen LogP contribution in [-0.4, -0.2) is 24.8 Å². The molecule has 0 rings (SSSR count). The average molecular weight is 228 g/mol. The Hall–Kier alpha value is -0.830. The molecule has 0 aromatic carbocycles. The maximum Gasteiger partial charge on any atom is 0.305 e. The molecule has 0 aliphatic rings. The van der Waals surface area contributed by atoms with Gasteiger partial charge in [-0.05, 0) is 38.5 Å². The first-order valence-corrected chi connectivity index (χ1v) is 6.14. The van der Waals surface area contributed by atoms with Gasteiger partial charge in [-0.1, -0.05) is 18.6 Å². The summed E-state index contributed by atoms with van der Waals surface area (Å²) in [6.07, 6.45) is 12.1. The van der Waals surface area contributed by atoms with E-state index in [0.717, 1.165) is 44.9 Å². The first-order valence-electron chi connectivity index (χ1n) is 6.14. The van der Waals surface area contributed by atoms with Crippen molar-refractivity contribution in [2.24, 2.45) is 0 Å². The highest BCUT2D eigenvalue weighted by molar-refractivity contribution is 5.68. The van der Waals surface area contributed by atoms with Crippen LogP contribution in [0.4, 0.5) is 0 Å². The van der Waals surface area contributed by atoms with E-state index in [0.29, 0.717) is 13.0 Å². The minimum atomic E-state index is -0.118. The van der Waals surface area contributed by atoms with Gasteiger partial charge in [0.1, 0.15) is 0 Å². The van der Waals surface area contributed by atoms with Gasteiger partial charge < -0.3 is 9.84 Å². The molecule has 0 spiro atoms. The van der Waals surface area contributed by atoms with E-state index >= 15 is 0 Å².